The number of halogens is 1. The molecule has 0 fully saturated rings. The fraction of sp³-hybridized carbons (Fsp3) is 0.120. The zero-order valence-corrected chi connectivity index (χ0v) is 20.7. The molecule has 3 rings (SSSR count). The van der Waals surface area contributed by atoms with Gasteiger partial charge < -0.3 is 4.74 Å². The molecule has 0 atom stereocenters. The smallest absolute Gasteiger partial charge is 0.255 e. The van der Waals surface area contributed by atoms with Gasteiger partial charge in [-0.15, -0.1) is 0 Å². The van der Waals surface area contributed by atoms with E-state index in [2.05, 4.69) is 33.0 Å². The summed E-state index contributed by atoms with van der Waals surface area (Å²) in [5.41, 5.74) is 3.88. The SMILES string of the molecule is C=CCOc1cccc(/C=N\NC(=O)CN(Cc2ccccc2)S(=O)(=O)c2ccc(Br)cc2)c1. The highest BCUT2D eigenvalue weighted by molar-refractivity contribution is 9.10. The number of nitrogens with zero attached hydrogens (tertiary/aromatic N) is 2. The molecule has 0 aliphatic heterocycles. The largest absolute Gasteiger partial charge is 0.490 e. The van der Waals surface area contributed by atoms with E-state index < -0.39 is 22.5 Å². The van der Waals surface area contributed by atoms with E-state index in [1.54, 1.807) is 42.5 Å². The van der Waals surface area contributed by atoms with Gasteiger partial charge in [-0.2, -0.15) is 9.41 Å². The van der Waals surface area contributed by atoms with Crippen molar-refractivity contribution < 1.29 is 17.9 Å². The molecule has 0 radical (unpaired) electrons. The minimum atomic E-state index is -3.93. The van der Waals surface area contributed by atoms with Gasteiger partial charge in [0.1, 0.15) is 12.4 Å². The highest BCUT2D eigenvalue weighted by Gasteiger charge is 2.26. The fourth-order valence-corrected chi connectivity index (χ4v) is 4.63. The van der Waals surface area contributed by atoms with Crippen LogP contribution in [-0.4, -0.2) is 38.0 Å². The number of hydrogen-bond acceptors (Lipinski definition) is 5. The van der Waals surface area contributed by atoms with Crippen LogP contribution >= 0.6 is 15.9 Å². The predicted octanol–water partition coefficient (Wildman–Crippen LogP) is 4.36. The van der Waals surface area contributed by atoms with Crippen LogP contribution < -0.4 is 10.2 Å². The number of ether oxygens (including phenoxy) is 1. The summed E-state index contributed by atoms with van der Waals surface area (Å²) in [7, 11) is -3.93. The zero-order valence-electron chi connectivity index (χ0n) is 18.3. The van der Waals surface area contributed by atoms with Crippen molar-refractivity contribution in [3.8, 4) is 5.75 Å². The number of amides is 1. The zero-order chi connectivity index (χ0) is 24.4. The van der Waals surface area contributed by atoms with Crippen LogP contribution in [0.1, 0.15) is 11.1 Å². The minimum absolute atomic E-state index is 0.0407. The summed E-state index contributed by atoms with van der Waals surface area (Å²) in [4.78, 5) is 12.7. The summed E-state index contributed by atoms with van der Waals surface area (Å²) in [6.45, 7) is 3.63. The summed E-state index contributed by atoms with van der Waals surface area (Å²) < 4.78 is 33.9. The highest BCUT2D eigenvalue weighted by atomic mass is 79.9. The molecule has 34 heavy (non-hydrogen) atoms. The van der Waals surface area contributed by atoms with Crippen LogP contribution in [0.15, 0.2) is 106 Å². The predicted molar refractivity (Wildman–Crippen MR) is 136 cm³/mol. The van der Waals surface area contributed by atoms with Gasteiger partial charge in [-0.3, -0.25) is 4.79 Å². The fourth-order valence-electron chi connectivity index (χ4n) is 2.98. The molecule has 1 N–H and O–H groups in total. The van der Waals surface area contributed by atoms with E-state index >= 15 is 0 Å². The lowest BCUT2D eigenvalue weighted by molar-refractivity contribution is -0.121. The summed E-state index contributed by atoms with van der Waals surface area (Å²) in [6.07, 6.45) is 3.11. The molecular weight excluding hydrogens is 518 g/mol. The van der Waals surface area contributed by atoms with Gasteiger partial charge in [0.2, 0.25) is 10.0 Å². The Kier molecular flexibility index (Phi) is 9.15. The molecular formula is C25H24BrN3O4S. The maximum atomic E-state index is 13.3. The normalized spacial score (nSPS) is 11.5. The Morgan fingerprint density at radius 1 is 1.06 bits per heavy atom. The Labute approximate surface area is 207 Å². The van der Waals surface area contributed by atoms with Gasteiger partial charge >= 0.3 is 0 Å². The van der Waals surface area contributed by atoms with Crippen LogP contribution in [0.3, 0.4) is 0 Å². The number of rotatable bonds is 11. The lowest BCUT2D eigenvalue weighted by Crippen LogP contribution is -2.39. The first-order valence-electron chi connectivity index (χ1n) is 10.3. The second kappa shape index (κ2) is 12.3. The standard InChI is InChI=1S/C25H24BrN3O4S/c1-2-15-33-23-10-6-9-21(16-23)17-27-28-25(30)19-29(18-20-7-4-3-5-8-20)34(31,32)24-13-11-22(26)12-14-24/h2-14,16-17H,1,15,18-19H2,(H,28,30)/b27-17-. The lowest BCUT2D eigenvalue weighted by atomic mass is 10.2. The van der Waals surface area contributed by atoms with E-state index in [4.69, 9.17) is 4.74 Å². The van der Waals surface area contributed by atoms with E-state index in [1.165, 1.54) is 18.3 Å². The Balaban J connectivity index is 1.73. The van der Waals surface area contributed by atoms with E-state index in [1.807, 2.05) is 30.3 Å². The Morgan fingerprint density at radius 3 is 2.50 bits per heavy atom. The Hall–Kier alpha value is -3.27. The van der Waals surface area contributed by atoms with Crippen LogP contribution in [0, 0.1) is 0 Å². The van der Waals surface area contributed by atoms with Gasteiger partial charge in [-0.25, -0.2) is 13.8 Å². The molecule has 0 heterocycles. The quantitative estimate of drug-likeness (QED) is 0.222. The van der Waals surface area contributed by atoms with Crippen molar-refractivity contribution in [3.63, 3.8) is 0 Å². The van der Waals surface area contributed by atoms with Crippen LogP contribution in [0.5, 0.6) is 5.75 Å². The molecule has 0 aliphatic carbocycles. The van der Waals surface area contributed by atoms with E-state index in [9.17, 15) is 13.2 Å². The topological polar surface area (TPSA) is 88.1 Å². The van der Waals surface area contributed by atoms with E-state index in [0.29, 0.717) is 17.9 Å². The van der Waals surface area contributed by atoms with E-state index in [-0.39, 0.29) is 11.4 Å². The molecule has 9 heteroatoms. The van der Waals surface area contributed by atoms with Crippen molar-refractivity contribution in [2.45, 2.75) is 11.4 Å². The molecule has 0 aliphatic rings. The number of hydrazone groups is 1. The molecule has 0 bridgehead atoms. The molecule has 0 saturated heterocycles. The molecule has 0 unspecified atom stereocenters. The van der Waals surface area contributed by atoms with Crippen molar-refractivity contribution in [1.82, 2.24) is 9.73 Å². The van der Waals surface area contributed by atoms with Crippen molar-refractivity contribution in [1.29, 1.82) is 0 Å². The first-order valence-corrected chi connectivity index (χ1v) is 12.6. The molecule has 176 valence electrons. The minimum Gasteiger partial charge on any atom is -0.490 e. The van der Waals surface area contributed by atoms with Gasteiger partial charge in [-0.1, -0.05) is 71.0 Å². The summed E-state index contributed by atoms with van der Waals surface area (Å²) in [5.74, 6) is 0.0803. The number of hydrogen-bond donors (Lipinski definition) is 1. The lowest BCUT2D eigenvalue weighted by Gasteiger charge is -2.21. The third-order valence-electron chi connectivity index (χ3n) is 4.60. The molecule has 1 amide bonds. The average molecular weight is 542 g/mol. The number of nitrogens with one attached hydrogen (secondary N) is 1. The highest BCUT2D eigenvalue weighted by Crippen LogP contribution is 2.20. The third-order valence-corrected chi connectivity index (χ3v) is 6.94. The van der Waals surface area contributed by atoms with Crippen LogP contribution in [0.2, 0.25) is 0 Å². The maximum absolute atomic E-state index is 13.3. The number of carbonyl (C=O) groups excluding carboxylic acids is 1. The second-order valence-corrected chi connectivity index (χ2v) is 10.0. The maximum Gasteiger partial charge on any atom is 0.255 e. The third kappa shape index (κ3) is 7.38. The molecule has 0 spiro atoms. The number of carbonyl (C=O) groups is 1. The van der Waals surface area contributed by atoms with Gasteiger partial charge in [0, 0.05) is 11.0 Å². The van der Waals surface area contributed by atoms with Crippen LogP contribution in [0.25, 0.3) is 0 Å². The Bertz CT molecular complexity index is 1250. The number of sulfonamides is 1. The summed E-state index contributed by atoms with van der Waals surface area (Å²) in [6, 6.07) is 22.5. The first-order chi connectivity index (χ1) is 16.4. The second-order valence-electron chi connectivity index (χ2n) is 7.18. The summed E-state index contributed by atoms with van der Waals surface area (Å²) in [5, 5.41) is 3.96. The summed E-state index contributed by atoms with van der Waals surface area (Å²) >= 11 is 3.31. The van der Waals surface area contributed by atoms with Gasteiger partial charge in [0.25, 0.3) is 5.91 Å². The number of benzene rings is 3. The molecule has 0 aromatic heterocycles. The monoisotopic (exact) mass is 541 g/mol. The van der Waals surface area contributed by atoms with Gasteiger partial charge in [0.15, 0.2) is 0 Å². The molecule has 0 saturated carbocycles. The van der Waals surface area contributed by atoms with Gasteiger partial charge in [-0.05, 0) is 47.5 Å². The van der Waals surface area contributed by atoms with Crippen LogP contribution in [0.4, 0.5) is 0 Å². The Morgan fingerprint density at radius 2 is 1.79 bits per heavy atom. The van der Waals surface area contributed by atoms with Crippen molar-refractivity contribution in [3.05, 3.63) is 107 Å². The van der Waals surface area contributed by atoms with Crippen molar-refractivity contribution in [2.24, 2.45) is 5.10 Å². The van der Waals surface area contributed by atoms with Crippen molar-refractivity contribution in [2.75, 3.05) is 13.2 Å². The van der Waals surface area contributed by atoms with Crippen molar-refractivity contribution >= 4 is 38.1 Å². The van der Waals surface area contributed by atoms with Crippen LogP contribution in [-0.2, 0) is 21.4 Å². The first kappa shape index (κ1) is 25.4. The van der Waals surface area contributed by atoms with E-state index in [0.717, 1.165) is 14.3 Å². The van der Waals surface area contributed by atoms with Gasteiger partial charge in [0.05, 0.1) is 17.7 Å². The molecule has 7 nitrogen and oxygen atoms in total. The average Bonchev–Trinajstić information content (AvgIpc) is 2.83. The molecule has 3 aromatic carbocycles. The molecule has 3 aromatic rings.